The first kappa shape index (κ1) is 13.9. The summed E-state index contributed by atoms with van der Waals surface area (Å²) in [5, 5.41) is 7.40. The van der Waals surface area contributed by atoms with E-state index in [0.29, 0.717) is 0 Å². The third-order valence-electron chi connectivity index (χ3n) is 3.77. The molecule has 3 N–H and O–H groups in total. The average molecular weight is 260 g/mol. The highest BCUT2D eigenvalue weighted by Crippen LogP contribution is 2.21. The summed E-state index contributed by atoms with van der Waals surface area (Å²) >= 11 is 0. The lowest BCUT2D eigenvalue weighted by Crippen LogP contribution is -2.53. The molecular weight excluding hydrogens is 236 g/mol. The summed E-state index contributed by atoms with van der Waals surface area (Å²) in [5.41, 5.74) is 7.74. The quantitative estimate of drug-likeness (QED) is 0.630. The number of piperazine rings is 1. The van der Waals surface area contributed by atoms with Crippen LogP contribution in [0.4, 0.5) is 5.69 Å². The van der Waals surface area contributed by atoms with Gasteiger partial charge in [-0.3, -0.25) is 10.3 Å². The molecular formula is C15H24N4. The molecule has 1 aliphatic heterocycles. The normalized spacial score (nSPS) is 17.5. The number of rotatable bonds is 2. The first-order valence-electron chi connectivity index (χ1n) is 6.82. The molecule has 19 heavy (non-hydrogen) atoms. The molecule has 0 saturated carbocycles. The molecule has 0 spiro atoms. The van der Waals surface area contributed by atoms with Crippen LogP contribution in [0.25, 0.3) is 0 Å². The smallest absolute Gasteiger partial charge is 0.122 e. The lowest BCUT2D eigenvalue weighted by molar-refractivity contribution is 0.128. The zero-order chi connectivity index (χ0) is 14.0. The number of hydrogen-bond acceptors (Lipinski definition) is 3. The monoisotopic (exact) mass is 260 g/mol. The second kappa shape index (κ2) is 5.21. The van der Waals surface area contributed by atoms with Crippen LogP contribution in [-0.4, -0.2) is 42.5 Å². The Kier molecular flexibility index (Phi) is 3.80. The fourth-order valence-electron chi connectivity index (χ4n) is 2.49. The first-order chi connectivity index (χ1) is 8.88. The van der Waals surface area contributed by atoms with Gasteiger partial charge >= 0.3 is 0 Å². The standard InChI is InChI=1S/C15H24N4/c1-15(2,3)19-10-8-18(9-11-19)13-6-4-12(5-7-13)14(16)17/h4-7H,8-11H2,1-3H3,(H3,16,17). The molecule has 1 aromatic rings. The van der Waals surface area contributed by atoms with Crippen molar-refractivity contribution < 1.29 is 0 Å². The summed E-state index contributed by atoms with van der Waals surface area (Å²) in [6, 6.07) is 7.97. The van der Waals surface area contributed by atoms with Crippen LogP contribution in [0, 0.1) is 5.41 Å². The van der Waals surface area contributed by atoms with E-state index >= 15 is 0 Å². The third kappa shape index (κ3) is 3.26. The fourth-order valence-corrected chi connectivity index (χ4v) is 2.49. The minimum atomic E-state index is 0.129. The molecule has 1 saturated heterocycles. The highest BCUT2D eigenvalue weighted by molar-refractivity contribution is 5.95. The summed E-state index contributed by atoms with van der Waals surface area (Å²) in [6.07, 6.45) is 0. The van der Waals surface area contributed by atoms with Crippen molar-refractivity contribution >= 4 is 11.5 Å². The van der Waals surface area contributed by atoms with Gasteiger partial charge in [0.2, 0.25) is 0 Å². The second-order valence-electron chi connectivity index (χ2n) is 6.11. The highest BCUT2D eigenvalue weighted by Gasteiger charge is 2.25. The van der Waals surface area contributed by atoms with Gasteiger partial charge in [-0.15, -0.1) is 0 Å². The van der Waals surface area contributed by atoms with Crippen LogP contribution in [0.15, 0.2) is 24.3 Å². The van der Waals surface area contributed by atoms with E-state index in [1.54, 1.807) is 0 Å². The Hall–Kier alpha value is -1.55. The molecule has 4 heteroatoms. The molecule has 4 nitrogen and oxygen atoms in total. The maximum absolute atomic E-state index is 7.40. The maximum Gasteiger partial charge on any atom is 0.122 e. The molecule has 1 aliphatic rings. The topological polar surface area (TPSA) is 56.4 Å². The van der Waals surface area contributed by atoms with Gasteiger partial charge in [0.05, 0.1) is 0 Å². The van der Waals surface area contributed by atoms with Gasteiger partial charge in [0, 0.05) is 43.0 Å². The number of nitrogen functional groups attached to an aromatic ring is 1. The number of nitrogens with one attached hydrogen (secondary N) is 1. The summed E-state index contributed by atoms with van der Waals surface area (Å²) < 4.78 is 0. The number of nitrogens with two attached hydrogens (primary N) is 1. The lowest BCUT2D eigenvalue weighted by Gasteiger charge is -2.43. The summed E-state index contributed by atoms with van der Waals surface area (Å²) in [7, 11) is 0. The predicted octanol–water partition coefficient (Wildman–Crippen LogP) is 1.89. The van der Waals surface area contributed by atoms with Crippen LogP contribution in [0.3, 0.4) is 0 Å². The Bertz CT molecular complexity index is 436. The van der Waals surface area contributed by atoms with Crippen molar-refractivity contribution in [1.29, 1.82) is 5.41 Å². The zero-order valence-corrected chi connectivity index (χ0v) is 12.1. The molecule has 1 heterocycles. The Morgan fingerprint density at radius 3 is 2.00 bits per heavy atom. The van der Waals surface area contributed by atoms with Gasteiger partial charge in [0.15, 0.2) is 0 Å². The molecule has 2 rings (SSSR count). The largest absolute Gasteiger partial charge is 0.384 e. The molecule has 0 aliphatic carbocycles. The van der Waals surface area contributed by atoms with Crippen LogP contribution in [-0.2, 0) is 0 Å². The van der Waals surface area contributed by atoms with Crippen LogP contribution in [0.5, 0.6) is 0 Å². The second-order valence-corrected chi connectivity index (χ2v) is 6.11. The highest BCUT2D eigenvalue weighted by atomic mass is 15.3. The summed E-state index contributed by atoms with van der Waals surface area (Å²) in [5.74, 6) is 0.129. The summed E-state index contributed by atoms with van der Waals surface area (Å²) in [4.78, 5) is 4.92. The molecule has 1 fully saturated rings. The maximum atomic E-state index is 7.40. The van der Waals surface area contributed by atoms with Crippen molar-refractivity contribution in [3.8, 4) is 0 Å². The Balaban J connectivity index is 2.00. The van der Waals surface area contributed by atoms with Gasteiger partial charge in [0.1, 0.15) is 5.84 Å². The van der Waals surface area contributed by atoms with Crippen molar-refractivity contribution in [2.24, 2.45) is 5.73 Å². The number of amidine groups is 1. The SMILES string of the molecule is CC(C)(C)N1CCN(c2ccc(C(=N)N)cc2)CC1. The Morgan fingerprint density at radius 1 is 1.05 bits per heavy atom. The van der Waals surface area contributed by atoms with E-state index in [4.69, 9.17) is 11.1 Å². The Labute approximate surface area is 115 Å². The van der Waals surface area contributed by atoms with E-state index in [1.807, 2.05) is 12.1 Å². The van der Waals surface area contributed by atoms with Crippen molar-refractivity contribution in [3.63, 3.8) is 0 Å². The van der Waals surface area contributed by atoms with E-state index in [2.05, 4.69) is 42.7 Å². The fraction of sp³-hybridized carbons (Fsp3) is 0.533. The van der Waals surface area contributed by atoms with Gasteiger partial charge in [-0.25, -0.2) is 0 Å². The van der Waals surface area contributed by atoms with E-state index in [-0.39, 0.29) is 11.4 Å². The van der Waals surface area contributed by atoms with Crippen molar-refractivity contribution in [3.05, 3.63) is 29.8 Å². The van der Waals surface area contributed by atoms with Gasteiger partial charge in [-0.05, 0) is 45.0 Å². The molecule has 0 unspecified atom stereocenters. The molecule has 104 valence electrons. The molecule has 0 atom stereocenters. The van der Waals surface area contributed by atoms with Crippen LogP contribution < -0.4 is 10.6 Å². The van der Waals surface area contributed by atoms with Crippen molar-refractivity contribution in [1.82, 2.24) is 4.90 Å². The number of hydrogen-bond donors (Lipinski definition) is 2. The minimum absolute atomic E-state index is 0.129. The van der Waals surface area contributed by atoms with Crippen LogP contribution in [0.2, 0.25) is 0 Å². The van der Waals surface area contributed by atoms with Crippen molar-refractivity contribution in [2.45, 2.75) is 26.3 Å². The number of benzene rings is 1. The van der Waals surface area contributed by atoms with E-state index in [1.165, 1.54) is 5.69 Å². The molecule has 0 aromatic heterocycles. The van der Waals surface area contributed by atoms with Gasteiger partial charge < -0.3 is 10.6 Å². The van der Waals surface area contributed by atoms with E-state index < -0.39 is 0 Å². The predicted molar refractivity (Wildman–Crippen MR) is 81.0 cm³/mol. The van der Waals surface area contributed by atoms with E-state index in [9.17, 15) is 0 Å². The minimum Gasteiger partial charge on any atom is -0.384 e. The summed E-state index contributed by atoms with van der Waals surface area (Å²) in [6.45, 7) is 11.1. The number of anilines is 1. The third-order valence-corrected chi connectivity index (χ3v) is 3.77. The molecule has 0 amide bonds. The van der Waals surface area contributed by atoms with Gasteiger partial charge in [0.25, 0.3) is 0 Å². The molecule has 0 bridgehead atoms. The number of nitrogens with zero attached hydrogens (tertiary/aromatic N) is 2. The molecule has 1 aromatic carbocycles. The first-order valence-corrected chi connectivity index (χ1v) is 6.82. The average Bonchev–Trinajstić information content (AvgIpc) is 2.38. The lowest BCUT2D eigenvalue weighted by atomic mass is 10.0. The molecule has 0 radical (unpaired) electrons. The van der Waals surface area contributed by atoms with E-state index in [0.717, 1.165) is 31.7 Å². The Morgan fingerprint density at radius 2 is 1.58 bits per heavy atom. The zero-order valence-electron chi connectivity index (χ0n) is 12.1. The van der Waals surface area contributed by atoms with Crippen molar-refractivity contribution in [2.75, 3.05) is 31.1 Å². The van der Waals surface area contributed by atoms with Crippen LogP contribution >= 0.6 is 0 Å². The van der Waals surface area contributed by atoms with Gasteiger partial charge in [-0.2, -0.15) is 0 Å². The van der Waals surface area contributed by atoms with Crippen LogP contribution in [0.1, 0.15) is 26.3 Å². The van der Waals surface area contributed by atoms with Gasteiger partial charge in [-0.1, -0.05) is 0 Å².